The quantitative estimate of drug-likeness (QED) is 0.850. The molecule has 0 aliphatic carbocycles. The van der Waals surface area contributed by atoms with Gasteiger partial charge in [-0.25, -0.2) is 4.98 Å². The summed E-state index contributed by atoms with van der Waals surface area (Å²) in [6, 6.07) is 0. The molecule has 23 heavy (non-hydrogen) atoms. The van der Waals surface area contributed by atoms with Gasteiger partial charge in [-0.2, -0.15) is 0 Å². The number of likely N-dealkylation sites (tertiary alicyclic amines) is 2. The van der Waals surface area contributed by atoms with Gasteiger partial charge in [-0.3, -0.25) is 9.59 Å². The van der Waals surface area contributed by atoms with Crippen molar-refractivity contribution in [2.24, 2.45) is 5.92 Å². The fourth-order valence-electron chi connectivity index (χ4n) is 3.59. The zero-order valence-corrected chi connectivity index (χ0v) is 14.6. The van der Waals surface area contributed by atoms with Gasteiger partial charge >= 0.3 is 0 Å². The highest BCUT2D eigenvalue weighted by atomic mass is 32.1. The summed E-state index contributed by atoms with van der Waals surface area (Å²) in [6.45, 7) is 5.35. The molecule has 1 aromatic rings. The number of hydrogen-bond acceptors (Lipinski definition) is 4. The fraction of sp³-hybridized carbons (Fsp3) is 0.706. The number of amides is 2. The molecular weight excluding hydrogens is 310 g/mol. The van der Waals surface area contributed by atoms with Gasteiger partial charge in [0.05, 0.1) is 11.2 Å². The highest BCUT2D eigenvalue weighted by molar-refractivity contribution is 7.11. The maximum absolute atomic E-state index is 12.6. The van der Waals surface area contributed by atoms with Crippen molar-refractivity contribution in [2.75, 3.05) is 26.2 Å². The van der Waals surface area contributed by atoms with Gasteiger partial charge in [0.15, 0.2) is 0 Å². The molecule has 0 radical (unpaired) electrons. The minimum Gasteiger partial charge on any atom is -0.343 e. The number of aryl methyl sites for hydroxylation is 1. The van der Waals surface area contributed by atoms with E-state index in [0.29, 0.717) is 18.2 Å². The summed E-state index contributed by atoms with van der Waals surface area (Å²) in [6.07, 6.45) is 5.98. The summed E-state index contributed by atoms with van der Waals surface area (Å²) in [5.41, 5.74) is 2.56. The topological polar surface area (TPSA) is 53.5 Å². The van der Waals surface area contributed by atoms with Gasteiger partial charge < -0.3 is 9.80 Å². The molecule has 2 aliphatic rings. The van der Waals surface area contributed by atoms with Crippen LogP contribution >= 0.6 is 11.3 Å². The molecule has 1 unspecified atom stereocenters. The minimum atomic E-state index is 0.112. The van der Waals surface area contributed by atoms with Crippen LogP contribution in [0, 0.1) is 12.8 Å². The molecular formula is C17H25N3O2S. The van der Waals surface area contributed by atoms with Crippen LogP contribution in [0.4, 0.5) is 0 Å². The third kappa shape index (κ3) is 3.91. The molecule has 3 heterocycles. The van der Waals surface area contributed by atoms with Crippen LogP contribution in [0.2, 0.25) is 0 Å². The van der Waals surface area contributed by atoms with Gasteiger partial charge in [0.1, 0.15) is 4.88 Å². The van der Waals surface area contributed by atoms with E-state index in [4.69, 9.17) is 0 Å². The first-order valence-corrected chi connectivity index (χ1v) is 9.50. The van der Waals surface area contributed by atoms with Crippen LogP contribution in [0.5, 0.6) is 0 Å². The van der Waals surface area contributed by atoms with Crippen molar-refractivity contribution in [1.82, 2.24) is 14.8 Å². The predicted molar refractivity (Wildman–Crippen MR) is 90.5 cm³/mol. The molecule has 126 valence electrons. The number of rotatable bonds is 4. The van der Waals surface area contributed by atoms with Crippen LogP contribution in [0.15, 0.2) is 5.51 Å². The van der Waals surface area contributed by atoms with E-state index in [-0.39, 0.29) is 5.91 Å². The van der Waals surface area contributed by atoms with Crippen molar-refractivity contribution in [2.45, 2.75) is 45.4 Å². The monoisotopic (exact) mass is 335 g/mol. The summed E-state index contributed by atoms with van der Waals surface area (Å²) in [5.74, 6) is 0.859. The molecule has 2 amide bonds. The van der Waals surface area contributed by atoms with Gasteiger partial charge in [0, 0.05) is 32.6 Å². The van der Waals surface area contributed by atoms with Crippen LogP contribution in [0.25, 0.3) is 0 Å². The zero-order valence-electron chi connectivity index (χ0n) is 13.8. The first kappa shape index (κ1) is 16.4. The Balaban J connectivity index is 1.51. The largest absolute Gasteiger partial charge is 0.343 e. The first-order valence-electron chi connectivity index (χ1n) is 8.62. The molecule has 5 nitrogen and oxygen atoms in total. The molecule has 0 spiro atoms. The molecule has 2 fully saturated rings. The minimum absolute atomic E-state index is 0.112. The van der Waals surface area contributed by atoms with Crippen molar-refractivity contribution >= 4 is 23.2 Å². The Bertz CT molecular complexity index is 566. The van der Waals surface area contributed by atoms with E-state index in [1.54, 1.807) is 5.51 Å². The smallest absolute Gasteiger partial charge is 0.265 e. The van der Waals surface area contributed by atoms with Crippen LogP contribution < -0.4 is 0 Å². The van der Waals surface area contributed by atoms with Gasteiger partial charge in [-0.05, 0) is 44.9 Å². The van der Waals surface area contributed by atoms with E-state index in [2.05, 4.69) is 4.98 Å². The lowest BCUT2D eigenvalue weighted by molar-refractivity contribution is -0.130. The van der Waals surface area contributed by atoms with Crippen LogP contribution in [0.3, 0.4) is 0 Å². The Kier molecular flexibility index (Phi) is 5.30. The Hall–Kier alpha value is -1.43. The van der Waals surface area contributed by atoms with Crippen LogP contribution in [0.1, 0.15) is 53.9 Å². The molecule has 0 bridgehead atoms. The molecule has 0 aromatic carbocycles. The van der Waals surface area contributed by atoms with E-state index in [9.17, 15) is 9.59 Å². The molecule has 2 aliphatic heterocycles. The van der Waals surface area contributed by atoms with E-state index in [1.807, 2.05) is 16.7 Å². The van der Waals surface area contributed by atoms with Crippen molar-refractivity contribution < 1.29 is 9.59 Å². The summed E-state index contributed by atoms with van der Waals surface area (Å²) in [4.78, 5) is 33.7. The van der Waals surface area contributed by atoms with E-state index in [1.165, 1.54) is 11.3 Å². The molecule has 1 aromatic heterocycles. The second kappa shape index (κ2) is 7.43. The Labute approximate surface area is 141 Å². The summed E-state index contributed by atoms with van der Waals surface area (Å²) >= 11 is 1.42. The van der Waals surface area contributed by atoms with Crippen molar-refractivity contribution in [3.63, 3.8) is 0 Å². The number of nitrogens with zero attached hydrogens (tertiary/aromatic N) is 3. The van der Waals surface area contributed by atoms with Gasteiger partial charge in [0.2, 0.25) is 5.91 Å². The lowest BCUT2D eigenvalue weighted by atomic mass is 9.93. The molecule has 3 rings (SSSR count). The standard InChI is InChI=1S/C17H25N3O2S/c1-13-16(23-12-18-13)17(22)20-10-4-5-14(11-20)6-7-15(21)19-8-2-3-9-19/h12,14H,2-11H2,1H3. The lowest BCUT2D eigenvalue weighted by Gasteiger charge is -2.32. The number of carbonyl (C=O) groups excluding carboxylic acids is 2. The number of aromatic nitrogens is 1. The Morgan fingerprint density at radius 1 is 1.22 bits per heavy atom. The molecule has 6 heteroatoms. The average molecular weight is 335 g/mol. The van der Waals surface area contributed by atoms with Crippen molar-refractivity contribution in [1.29, 1.82) is 0 Å². The summed E-state index contributed by atoms with van der Waals surface area (Å²) in [5, 5.41) is 0. The highest BCUT2D eigenvalue weighted by Crippen LogP contribution is 2.25. The summed E-state index contributed by atoms with van der Waals surface area (Å²) in [7, 11) is 0. The molecule has 0 N–H and O–H groups in total. The fourth-order valence-corrected chi connectivity index (χ4v) is 4.36. The molecule has 1 atom stereocenters. The Morgan fingerprint density at radius 3 is 2.65 bits per heavy atom. The van der Waals surface area contributed by atoms with Gasteiger partial charge in [-0.1, -0.05) is 0 Å². The third-order valence-corrected chi connectivity index (χ3v) is 5.89. The van der Waals surface area contributed by atoms with Gasteiger partial charge in [-0.15, -0.1) is 11.3 Å². The zero-order chi connectivity index (χ0) is 16.2. The van der Waals surface area contributed by atoms with Crippen molar-refractivity contribution in [3.05, 3.63) is 16.1 Å². The third-order valence-electron chi connectivity index (χ3n) is 4.97. The van der Waals surface area contributed by atoms with Crippen molar-refractivity contribution in [3.8, 4) is 0 Å². The van der Waals surface area contributed by atoms with Crippen LogP contribution in [-0.4, -0.2) is 52.8 Å². The Morgan fingerprint density at radius 2 is 1.96 bits per heavy atom. The van der Waals surface area contributed by atoms with E-state index < -0.39 is 0 Å². The number of carbonyl (C=O) groups is 2. The SMILES string of the molecule is Cc1ncsc1C(=O)N1CCCC(CCC(=O)N2CCCC2)C1. The maximum atomic E-state index is 12.6. The number of thiazole rings is 1. The van der Waals surface area contributed by atoms with E-state index >= 15 is 0 Å². The summed E-state index contributed by atoms with van der Waals surface area (Å²) < 4.78 is 0. The van der Waals surface area contributed by atoms with E-state index in [0.717, 1.165) is 68.9 Å². The second-order valence-corrected chi connectivity index (χ2v) is 7.51. The second-order valence-electron chi connectivity index (χ2n) is 6.65. The normalized spacial score (nSPS) is 21.7. The lowest BCUT2D eigenvalue weighted by Crippen LogP contribution is -2.40. The maximum Gasteiger partial charge on any atom is 0.265 e. The highest BCUT2D eigenvalue weighted by Gasteiger charge is 2.27. The first-order chi connectivity index (χ1) is 11.1. The molecule has 2 saturated heterocycles. The number of piperidine rings is 1. The van der Waals surface area contributed by atoms with Crippen LogP contribution in [-0.2, 0) is 4.79 Å². The predicted octanol–water partition coefficient (Wildman–Crippen LogP) is 2.71. The molecule has 0 saturated carbocycles. The average Bonchev–Trinajstić information content (AvgIpc) is 3.23. The van der Waals surface area contributed by atoms with Gasteiger partial charge in [0.25, 0.3) is 5.91 Å². The number of hydrogen-bond donors (Lipinski definition) is 0.